The van der Waals surface area contributed by atoms with E-state index in [1.807, 2.05) is 26.8 Å². The van der Waals surface area contributed by atoms with E-state index in [4.69, 9.17) is 4.74 Å². The molecule has 1 heterocycles. The molecule has 0 fully saturated rings. The molecule has 0 unspecified atom stereocenters. The van der Waals surface area contributed by atoms with Crippen LogP contribution in [-0.2, 0) is 11.2 Å². The molecule has 0 aliphatic rings. The molecule has 30 heavy (non-hydrogen) atoms. The third kappa shape index (κ3) is 5.44. The number of nitrogens with zero attached hydrogens (tertiary/aromatic N) is 1. The van der Waals surface area contributed by atoms with E-state index in [-0.39, 0.29) is 22.7 Å². The Morgan fingerprint density at radius 3 is 2.43 bits per heavy atom. The van der Waals surface area contributed by atoms with Crippen molar-refractivity contribution >= 4 is 39.4 Å². The summed E-state index contributed by atoms with van der Waals surface area (Å²) in [5.74, 6) is -1.28. The number of ether oxygens (including phenoxy) is 1. The van der Waals surface area contributed by atoms with Gasteiger partial charge in [-0.05, 0) is 59.0 Å². The first kappa shape index (κ1) is 23.5. The van der Waals surface area contributed by atoms with Crippen molar-refractivity contribution in [1.29, 1.82) is 0 Å². The van der Waals surface area contributed by atoms with Gasteiger partial charge in [0.1, 0.15) is 5.69 Å². The van der Waals surface area contributed by atoms with Crippen LogP contribution in [0.3, 0.4) is 0 Å². The molecular weight excluding hydrogens is 450 g/mol. The van der Waals surface area contributed by atoms with Gasteiger partial charge in [0.15, 0.2) is 0 Å². The fourth-order valence-electron chi connectivity index (χ4n) is 2.83. The Hall–Kier alpha value is -2.74. The summed E-state index contributed by atoms with van der Waals surface area (Å²) in [6.45, 7) is 8.09. The Morgan fingerprint density at radius 1 is 1.13 bits per heavy atom. The van der Waals surface area contributed by atoms with Gasteiger partial charge in [-0.25, -0.2) is 9.78 Å². The third-order valence-corrected chi connectivity index (χ3v) is 5.08. The van der Waals surface area contributed by atoms with E-state index >= 15 is 0 Å². The number of pyridine rings is 1. The summed E-state index contributed by atoms with van der Waals surface area (Å²) >= 11 is 3.35. The summed E-state index contributed by atoms with van der Waals surface area (Å²) < 4.78 is 5.38. The zero-order valence-electron chi connectivity index (χ0n) is 17.8. The number of anilines is 1. The number of aromatic nitrogens is 1. The van der Waals surface area contributed by atoms with Crippen LogP contribution in [0.15, 0.2) is 28.7 Å². The lowest BCUT2D eigenvalue weighted by molar-refractivity contribution is 0.0600. The molecule has 160 valence electrons. The number of hydrogen-bond donors (Lipinski definition) is 2. The molecule has 1 aromatic carbocycles. The first-order valence-corrected chi connectivity index (χ1v) is 10.5. The summed E-state index contributed by atoms with van der Waals surface area (Å²) in [5, 5.41) is 5.58. The molecule has 0 atom stereocenters. The monoisotopic (exact) mass is 475 g/mol. The molecule has 0 saturated carbocycles. The molecule has 2 aromatic rings. The van der Waals surface area contributed by atoms with Crippen molar-refractivity contribution < 1.29 is 19.1 Å². The highest BCUT2D eigenvalue weighted by atomic mass is 79.9. The second-order valence-electron chi connectivity index (χ2n) is 7.21. The molecule has 0 saturated heterocycles. The molecule has 2 amide bonds. The minimum Gasteiger partial charge on any atom is -0.465 e. The lowest BCUT2D eigenvalue weighted by Crippen LogP contribution is -2.31. The molecule has 0 radical (unpaired) electrons. The fraction of sp³-hybridized carbons (Fsp3) is 0.364. The van der Waals surface area contributed by atoms with E-state index in [2.05, 4.69) is 31.5 Å². The Balaban J connectivity index is 2.48. The number of nitrogens with one attached hydrogen (secondary N) is 2. The van der Waals surface area contributed by atoms with Crippen molar-refractivity contribution in [3.05, 3.63) is 56.8 Å². The lowest BCUT2D eigenvalue weighted by Gasteiger charge is -2.17. The van der Waals surface area contributed by atoms with E-state index < -0.39 is 17.8 Å². The predicted molar refractivity (Wildman–Crippen MR) is 119 cm³/mol. The molecule has 0 aliphatic carbocycles. The smallest absolute Gasteiger partial charge is 0.341 e. The minimum atomic E-state index is -0.579. The van der Waals surface area contributed by atoms with Crippen LogP contribution in [0.4, 0.5) is 5.69 Å². The summed E-state index contributed by atoms with van der Waals surface area (Å²) in [6.07, 6.45) is 0.584. The molecule has 1 aromatic heterocycles. The van der Waals surface area contributed by atoms with Gasteiger partial charge in [0.05, 0.1) is 23.9 Å². The molecule has 0 aliphatic heterocycles. The molecule has 2 rings (SSSR count). The van der Waals surface area contributed by atoms with Gasteiger partial charge in [-0.3, -0.25) is 9.59 Å². The number of carbonyl (C=O) groups excluding carboxylic acids is 3. The quantitative estimate of drug-likeness (QED) is 0.586. The average Bonchev–Trinajstić information content (AvgIpc) is 2.71. The number of aryl methyl sites for hydroxylation is 2. The summed E-state index contributed by atoms with van der Waals surface area (Å²) in [6, 6.07) is 6.77. The maximum atomic E-state index is 13.1. The zero-order chi connectivity index (χ0) is 22.4. The van der Waals surface area contributed by atoms with Crippen LogP contribution in [-0.4, -0.2) is 36.4 Å². The number of halogens is 1. The van der Waals surface area contributed by atoms with E-state index in [1.165, 1.54) is 7.11 Å². The molecular formula is C22H26BrN3O4. The van der Waals surface area contributed by atoms with Crippen molar-refractivity contribution in [2.45, 2.75) is 34.1 Å². The van der Waals surface area contributed by atoms with Gasteiger partial charge in [0.25, 0.3) is 11.8 Å². The highest BCUT2D eigenvalue weighted by molar-refractivity contribution is 9.10. The first-order valence-electron chi connectivity index (χ1n) is 9.66. The second-order valence-corrected chi connectivity index (χ2v) is 8.06. The number of carbonyl (C=O) groups is 3. The predicted octanol–water partition coefficient (Wildman–Crippen LogP) is 4.14. The first-order chi connectivity index (χ1) is 14.2. The number of rotatable bonds is 7. The van der Waals surface area contributed by atoms with Gasteiger partial charge in [-0.2, -0.15) is 0 Å². The minimum absolute atomic E-state index is 0.0424. The second kappa shape index (κ2) is 10.3. The SMILES string of the molecule is CCc1ccc(Br)c(C(=O)OC)c1NC(=O)c1ccc(C)nc1C(=O)NCC(C)C. The normalized spacial score (nSPS) is 10.6. The topological polar surface area (TPSA) is 97.4 Å². The lowest BCUT2D eigenvalue weighted by atomic mass is 10.0. The molecule has 2 N–H and O–H groups in total. The highest BCUT2D eigenvalue weighted by Crippen LogP contribution is 2.30. The number of amides is 2. The Bertz CT molecular complexity index is 973. The van der Waals surface area contributed by atoms with Gasteiger partial charge < -0.3 is 15.4 Å². The molecule has 7 nitrogen and oxygen atoms in total. The van der Waals surface area contributed by atoms with Gasteiger partial charge in [0.2, 0.25) is 0 Å². The summed E-state index contributed by atoms with van der Waals surface area (Å²) in [7, 11) is 1.28. The number of methoxy groups -OCH3 is 1. The van der Waals surface area contributed by atoms with E-state index in [1.54, 1.807) is 25.1 Å². The van der Waals surface area contributed by atoms with Crippen LogP contribution in [0.5, 0.6) is 0 Å². The Kier molecular flexibility index (Phi) is 8.11. The number of hydrogen-bond acceptors (Lipinski definition) is 5. The van der Waals surface area contributed by atoms with Crippen molar-refractivity contribution in [2.75, 3.05) is 19.0 Å². The summed E-state index contributed by atoms with van der Waals surface area (Å²) in [5.41, 5.74) is 2.11. The largest absolute Gasteiger partial charge is 0.465 e. The van der Waals surface area contributed by atoms with Gasteiger partial charge >= 0.3 is 5.97 Å². The molecule has 0 spiro atoms. The molecule has 0 bridgehead atoms. The van der Waals surface area contributed by atoms with E-state index in [0.717, 1.165) is 5.56 Å². The standard InChI is InChI=1S/C22H26BrN3O4/c1-6-14-8-10-16(23)17(22(29)30-5)18(14)26-20(27)15-9-7-13(4)25-19(15)21(28)24-11-12(2)3/h7-10,12H,6,11H2,1-5H3,(H,24,28)(H,26,27). The molecule has 8 heteroatoms. The zero-order valence-corrected chi connectivity index (χ0v) is 19.3. The third-order valence-electron chi connectivity index (χ3n) is 4.41. The van der Waals surface area contributed by atoms with Crippen LogP contribution in [0, 0.1) is 12.8 Å². The number of esters is 1. The Morgan fingerprint density at radius 2 is 1.83 bits per heavy atom. The number of benzene rings is 1. The van der Waals surface area contributed by atoms with Crippen LogP contribution < -0.4 is 10.6 Å². The van der Waals surface area contributed by atoms with Crippen LogP contribution >= 0.6 is 15.9 Å². The van der Waals surface area contributed by atoms with E-state index in [0.29, 0.717) is 28.8 Å². The van der Waals surface area contributed by atoms with Gasteiger partial charge in [0, 0.05) is 16.7 Å². The maximum absolute atomic E-state index is 13.1. The summed E-state index contributed by atoms with van der Waals surface area (Å²) in [4.78, 5) is 42.4. The Labute approximate surface area is 184 Å². The van der Waals surface area contributed by atoms with Crippen molar-refractivity contribution in [3.63, 3.8) is 0 Å². The van der Waals surface area contributed by atoms with Crippen LogP contribution in [0.2, 0.25) is 0 Å². The van der Waals surface area contributed by atoms with Crippen LogP contribution in [0.1, 0.15) is 63.2 Å². The average molecular weight is 476 g/mol. The van der Waals surface area contributed by atoms with Crippen molar-refractivity contribution in [1.82, 2.24) is 10.3 Å². The fourth-order valence-corrected chi connectivity index (χ4v) is 3.33. The van der Waals surface area contributed by atoms with Crippen molar-refractivity contribution in [2.24, 2.45) is 5.92 Å². The van der Waals surface area contributed by atoms with Crippen molar-refractivity contribution in [3.8, 4) is 0 Å². The highest BCUT2D eigenvalue weighted by Gasteiger charge is 2.24. The van der Waals surface area contributed by atoms with Gasteiger partial charge in [-0.15, -0.1) is 0 Å². The maximum Gasteiger partial charge on any atom is 0.341 e. The van der Waals surface area contributed by atoms with Crippen LogP contribution in [0.25, 0.3) is 0 Å². The van der Waals surface area contributed by atoms with E-state index in [9.17, 15) is 14.4 Å². The van der Waals surface area contributed by atoms with Gasteiger partial charge in [-0.1, -0.05) is 26.8 Å².